The van der Waals surface area contributed by atoms with Crippen LogP contribution in [0.2, 0.25) is 0 Å². The van der Waals surface area contributed by atoms with Crippen LogP contribution in [0.5, 0.6) is 0 Å². The molecule has 0 aromatic heterocycles. The molecule has 2 rings (SSSR count). The second-order valence-corrected chi connectivity index (χ2v) is 5.03. The van der Waals surface area contributed by atoms with Crippen LogP contribution in [0.25, 0.3) is 0 Å². The number of nitro benzene ring substituents is 1. The summed E-state index contributed by atoms with van der Waals surface area (Å²) in [5.41, 5.74) is 1.50. The summed E-state index contributed by atoms with van der Waals surface area (Å²) in [6.07, 6.45) is 5.15. The van der Waals surface area contributed by atoms with Gasteiger partial charge in [0.1, 0.15) is 5.69 Å². The number of anilines is 2. The molecule has 114 valence electrons. The van der Waals surface area contributed by atoms with E-state index in [-0.39, 0.29) is 10.6 Å². The van der Waals surface area contributed by atoms with Crippen molar-refractivity contribution in [2.45, 2.75) is 6.42 Å². The largest absolute Gasteiger partial charge is 0.385 e. The van der Waals surface area contributed by atoms with E-state index in [0.717, 1.165) is 31.9 Å². The Morgan fingerprint density at radius 2 is 2.19 bits per heavy atom. The lowest BCUT2D eigenvalue weighted by molar-refractivity contribution is -0.383. The Bertz CT molecular complexity index is 532. The van der Waals surface area contributed by atoms with Crippen LogP contribution >= 0.6 is 0 Å². The molecule has 0 spiro atoms. The highest BCUT2D eigenvalue weighted by atomic mass is 16.6. The van der Waals surface area contributed by atoms with Crippen LogP contribution in [0.4, 0.5) is 17.1 Å². The fraction of sp³-hybridized carbons (Fsp3) is 0.429. The van der Waals surface area contributed by atoms with Crippen molar-refractivity contribution >= 4 is 17.1 Å². The lowest BCUT2D eigenvalue weighted by atomic mass is 10.2. The molecule has 7 nitrogen and oxygen atoms in total. The van der Waals surface area contributed by atoms with Gasteiger partial charge in [-0.05, 0) is 18.6 Å². The van der Waals surface area contributed by atoms with E-state index in [4.69, 9.17) is 0 Å². The van der Waals surface area contributed by atoms with Gasteiger partial charge in [0.05, 0.1) is 11.6 Å². The Morgan fingerprint density at radius 1 is 1.38 bits per heavy atom. The van der Waals surface area contributed by atoms with E-state index in [1.165, 1.54) is 6.07 Å². The van der Waals surface area contributed by atoms with Crippen molar-refractivity contribution in [3.05, 3.63) is 40.7 Å². The Kier molecular flexibility index (Phi) is 4.86. The molecule has 1 aromatic rings. The van der Waals surface area contributed by atoms with Crippen LogP contribution in [0.1, 0.15) is 6.42 Å². The highest BCUT2D eigenvalue weighted by Crippen LogP contribution is 2.27. The van der Waals surface area contributed by atoms with Gasteiger partial charge in [0, 0.05) is 51.3 Å². The molecule has 7 heteroatoms. The number of nitro groups is 1. The average Bonchev–Trinajstić information content (AvgIpc) is 2.88. The maximum atomic E-state index is 10.9. The summed E-state index contributed by atoms with van der Waals surface area (Å²) >= 11 is 0. The molecule has 0 atom stereocenters. The van der Waals surface area contributed by atoms with E-state index in [1.807, 2.05) is 7.05 Å². The third-order valence-electron chi connectivity index (χ3n) is 3.35. The summed E-state index contributed by atoms with van der Waals surface area (Å²) in [6.45, 7) is 2.75. The summed E-state index contributed by atoms with van der Waals surface area (Å²) in [4.78, 5) is 14.8. The summed E-state index contributed by atoms with van der Waals surface area (Å²) in [7, 11) is 3.73. The molecule has 0 saturated heterocycles. The molecule has 1 aliphatic heterocycles. The minimum atomic E-state index is -0.383. The van der Waals surface area contributed by atoms with Crippen LogP contribution in [-0.4, -0.2) is 48.6 Å². The first kappa shape index (κ1) is 15.0. The first-order valence-corrected chi connectivity index (χ1v) is 6.93. The second kappa shape index (κ2) is 6.83. The summed E-state index contributed by atoms with van der Waals surface area (Å²) < 4.78 is 0. The smallest absolute Gasteiger partial charge is 0.292 e. The van der Waals surface area contributed by atoms with E-state index in [2.05, 4.69) is 32.8 Å². The average molecular weight is 291 g/mol. The lowest BCUT2D eigenvalue weighted by Gasteiger charge is -2.18. The Hall–Kier alpha value is -2.44. The van der Waals surface area contributed by atoms with Crippen molar-refractivity contribution in [1.82, 2.24) is 9.80 Å². The number of nitrogens with zero attached hydrogens (tertiary/aromatic N) is 3. The second-order valence-electron chi connectivity index (χ2n) is 5.03. The molecule has 0 fully saturated rings. The zero-order chi connectivity index (χ0) is 15.2. The van der Waals surface area contributed by atoms with Gasteiger partial charge in [-0.3, -0.25) is 10.1 Å². The number of hydrogen-bond acceptors (Lipinski definition) is 6. The maximum absolute atomic E-state index is 10.9. The number of nitrogens with one attached hydrogen (secondary N) is 2. The molecule has 1 aromatic carbocycles. The van der Waals surface area contributed by atoms with Crippen LogP contribution < -0.4 is 10.6 Å². The Balaban J connectivity index is 1.80. The zero-order valence-corrected chi connectivity index (χ0v) is 12.4. The van der Waals surface area contributed by atoms with Crippen LogP contribution in [0.15, 0.2) is 30.6 Å². The van der Waals surface area contributed by atoms with Crippen molar-refractivity contribution in [2.75, 3.05) is 44.5 Å². The van der Waals surface area contributed by atoms with Gasteiger partial charge in [-0.25, -0.2) is 0 Å². The highest BCUT2D eigenvalue weighted by Gasteiger charge is 2.12. The SMILES string of the molecule is CNc1cc(NCCCN2C=CN(C)C2)ccc1[N+](=O)[O-]. The minimum absolute atomic E-state index is 0.0910. The number of hydrogen-bond donors (Lipinski definition) is 2. The van der Waals surface area contributed by atoms with Crippen LogP contribution in [-0.2, 0) is 0 Å². The molecule has 0 unspecified atom stereocenters. The lowest BCUT2D eigenvalue weighted by Crippen LogP contribution is -2.24. The molecule has 21 heavy (non-hydrogen) atoms. The summed E-state index contributed by atoms with van der Waals surface area (Å²) in [6, 6.07) is 5.02. The van der Waals surface area contributed by atoms with Crippen molar-refractivity contribution in [2.24, 2.45) is 0 Å². The van der Waals surface area contributed by atoms with Gasteiger partial charge >= 0.3 is 0 Å². The third kappa shape index (κ3) is 4.01. The monoisotopic (exact) mass is 291 g/mol. The first-order valence-electron chi connectivity index (χ1n) is 6.93. The maximum Gasteiger partial charge on any atom is 0.292 e. The number of benzene rings is 1. The topological polar surface area (TPSA) is 73.7 Å². The summed E-state index contributed by atoms with van der Waals surface area (Å²) in [5, 5.41) is 17.0. The van der Waals surface area contributed by atoms with Crippen LogP contribution in [0, 0.1) is 10.1 Å². The fourth-order valence-electron chi connectivity index (χ4n) is 2.25. The Labute approximate surface area is 124 Å². The summed E-state index contributed by atoms with van der Waals surface area (Å²) in [5.74, 6) is 0. The van der Waals surface area contributed by atoms with Gasteiger partial charge in [-0.2, -0.15) is 0 Å². The predicted octanol–water partition coefficient (Wildman–Crippen LogP) is 2.11. The van der Waals surface area contributed by atoms with Crippen molar-refractivity contribution in [3.63, 3.8) is 0 Å². The molecule has 1 heterocycles. The van der Waals surface area contributed by atoms with Gasteiger partial charge in [0.2, 0.25) is 0 Å². The molecule has 0 bridgehead atoms. The van der Waals surface area contributed by atoms with Crippen LogP contribution in [0.3, 0.4) is 0 Å². The van der Waals surface area contributed by atoms with Crippen molar-refractivity contribution in [1.29, 1.82) is 0 Å². The Morgan fingerprint density at radius 3 is 2.81 bits per heavy atom. The van der Waals surface area contributed by atoms with Gasteiger partial charge in [-0.1, -0.05) is 0 Å². The first-order chi connectivity index (χ1) is 10.1. The highest BCUT2D eigenvalue weighted by molar-refractivity contribution is 5.68. The third-order valence-corrected chi connectivity index (χ3v) is 3.35. The molecular weight excluding hydrogens is 270 g/mol. The number of rotatable bonds is 7. The molecule has 2 N–H and O–H groups in total. The van der Waals surface area contributed by atoms with Gasteiger partial charge in [0.15, 0.2) is 0 Å². The molecule has 0 saturated carbocycles. The van der Waals surface area contributed by atoms with E-state index < -0.39 is 0 Å². The quantitative estimate of drug-likeness (QED) is 0.455. The van der Waals surface area contributed by atoms with Crippen molar-refractivity contribution in [3.8, 4) is 0 Å². The fourth-order valence-corrected chi connectivity index (χ4v) is 2.25. The molecule has 1 aliphatic rings. The van der Waals surface area contributed by atoms with Crippen molar-refractivity contribution < 1.29 is 4.92 Å². The van der Waals surface area contributed by atoms with Gasteiger partial charge < -0.3 is 20.4 Å². The molecule has 0 aliphatic carbocycles. The molecule has 0 amide bonds. The van der Waals surface area contributed by atoms with E-state index in [9.17, 15) is 10.1 Å². The normalized spacial score (nSPS) is 13.6. The van der Waals surface area contributed by atoms with E-state index in [1.54, 1.807) is 19.2 Å². The van der Waals surface area contributed by atoms with E-state index >= 15 is 0 Å². The van der Waals surface area contributed by atoms with Gasteiger partial charge in [0.25, 0.3) is 5.69 Å². The zero-order valence-electron chi connectivity index (χ0n) is 12.4. The minimum Gasteiger partial charge on any atom is -0.385 e. The molecular formula is C14H21N5O2. The van der Waals surface area contributed by atoms with Gasteiger partial charge in [-0.15, -0.1) is 0 Å². The predicted molar refractivity (Wildman–Crippen MR) is 84.2 cm³/mol. The molecule has 0 radical (unpaired) electrons. The standard InChI is InChI=1S/C14H21N5O2/c1-15-13-10-12(4-5-14(13)19(20)21)16-6-3-7-18-9-8-17(2)11-18/h4-5,8-10,15-16H,3,6-7,11H2,1-2H3. The van der Waals surface area contributed by atoms with E-state index in [0.29, 0.717) is 5.69 Å².